The lowest BCUT2D eigenvalue weighted by molar-refractivity contribution is 0.0994. The van der Waals surface area contributed by atoms with Gasteiger partial charge in [-0.1, -0.05) is 30.1 Å². The van der Waals surface area contributed by atoms with Gasteiger partial charge in [0.25, 0.3) is 5.56 Å². The van der Waals surface area contributed by atoms with E-state index in [0.717, 1.165) is 40.2 Å². The van der Waals surface area contributed by atoms with Gasteiger partial charge in [-0.2, -0.15) is 0 Å². The van der Waals surface area contributed by atoms with Crippen LogP contribution in [-0.4, -0.2) is 37.5 Å². The third-order valence-corrected chi connectivity index (χ3v) is 7.80. The van der Waals surface area contributed by atoms with Gasteiger partial charge in [0.1, 0.15) is 23.9 Å². The van der Waals surface area contributed by atoms with E-state index >= 15 is 0 Å². The number of fused-ring (bicyclic) bond motifs is 1. The first kappa shape index (κ1) is 28.8. The molecule has 0 bridgehead atoms. The first-order chi connectivity index (χ1) is 19.6. The van der Waals surface area contributed by atoms with Crippen molar-refractivity contribution < 1.29 is 14.4 Å². The summed E-state index contributed by atoms with van der Waals surface area (Å²) in [7, 11) is 0. The van der Waals surface area contributed by atoms with Crippen LogP contribution in [0.5, 0.6) is 5.75 Å². The lowest BCUT2D eigenvalue weighted by atomic mass is 10.0. The predicted molar refractivity (Wildman–Crippen MR) is 160 cm³/mol. The third kappa shape index (κ3) is 5.74. The summed E-state index contributed by atoms with van der Waals surface area (Å²) in [5, 5.41) is 14.8. The van der Waals surface area contributed by atoms with Crippen molar-refractivity contribution in [3.63, 3.8) is 0 Å². The van der Waals surface area contributed by atoms with Crippen LogP contribution in [0.3, 0.4) is 0 Å². The monoisotopic (exact) mass is 577 g/mol. The number of rotatable bonds is 9. The Labute approximate surface area is 244 Å². The van der Waals surface area contributed by atoms with E-state index in [-0.39, 0.29) is 18.2 Å². The molecule has 0 radical (unpaired) electrons. The summed E-state index contributed by atoms with van der Waals surface area (Å²) >= 11 is 6.71. The molecule has 1 aromatic carbocycles. The van der Waals surface area contributed by atoms with Crippen LogP contribution in [0.4, 0.5) is 5.82 Å². The number of ether oxygens (including phenoxy) is 1. The Morgan fingerprint density at radius 1 is 1.12 bits per heavy atom. The van der Waals surface area contributed by atoms with Gasteiger partial charge in [-0.05, 0) is 70.4 Å². The Hall–Kier alpha value is -3.69. The molecule has 10 heteroatoms. The van der Waals surface area contributed by atoms with Gasteiger partial charge >= 0.3 is 0 Å². The molecular weight excluding hydrogens is 542 g/mol. The smallest absolute Gasteiger partial charge is 0.251 e. The van der Waals surface area contributed by atoms with Gasteiger partial charge in [0.2, 0.25) is 0 Å². The molecule has 1 N–H and O–H groups in total. The number of hydrogen-bond acceptors (Lipinski definition) is 8. The van der Waals surface area contributed by atoms with Crippen molar-refractivity contribution >= 4 is 17.4 Å². The fourth-order valence-corrected chi connectivity index (χ4v) is 5.51. The lowest BCUT2D eigenvalue weighted by Crippen LogP contribution is -2.21. The number of hydrogen-bond donors (Lipinski definition) is 1. The number of nitrogens with zero attached hydrogens (tertiary/aromatic N) is 5. The quantitative estimate of drug-likeness (QED) is 0.251. The number of aryl methyl sites for hydroxylation is 2. The molecule has 1 aliphatic heterocycles. The topological polar surface area (TPSA) is 107 Å². The summed E-state index contributed by atoms with van der Waals surface area (Å²) < 4.78 is 13.1. The van der Waals surface area contributed by atoms with Crippen molar-refractivity contribution in [1.82, 2.24) is 19.7 Å². The molecule has 9 nitrogen and oxygen atoms in total. The molecule has 0 amide bonds. The molecule has 4 heterocycles. The van der Waals surface area contributed by atoms with Crippen molar-refractivity contribution in [2.45, 2.75) is 79.6 Å². The molecule has 0 unspecified atom stereocenters. The highest BCUT2D eigenvalue weighted by Gasteiger charge is 2.28. The van der Waals surface area contributed by atoms with Crippen LogP contribution in [0.1, 0.15) is 67.8 Å². The molecule has 216 valence electrons. The summed E-state index contributed by atoms with van der Waals surface area (Å²) in [5.74, 6) is 2.40. The van der Waals surface area contributed by atoms with E-state index in [0.29, 0.717) is 53.1 Å². The Bertz CT molecular complexity index is 1620. The molecule has 4 aromatic rings. The van der Waals surface area contributed by atoms with Gasteiger partial charge in [0.15, 0.2) is 5.82 Å². The molecule has 5 rings (SSSR count). The van der Waals surface area contributed by atoms with Crippen LogP contribution >= 0.6 is 11.6 Å². The molecule has 0 aliphatic carbocycles. The Balaban J connectivity index is 1.61. The van der Waals surface area contributed by atoms with Crippen molar-refractivity contribution in [3.8, 4) is 28.4 Å². The maximum Gasteiger partial charge on any atom is 0.251 e. The molecule has 1 atom stereocenters. The van der Waals surface area contributed by atoms with Crippen molar-refractivity contribution in [3.05, 3.63) is 74.0 Å². The third-order valence-electron chi connectivity index (χ3n) is 7.47. The largest absolute Gasteiger partial charge is 0.491 e. The summed E-state index contributed by atoms with van der Waals surface area (Å²) in [6.45, 7) is 13.1. The average molecular weight is 578 g/mol. The van der Waals surface area contributed by atoms with Gasteiger partial charge < -0.3 is 23.8 Å². The fraction of sp³-hybridized carbons (Fsp3) is 0.419. The van der Waals surface area contributed by atoms with Gasteiger partial charge in [0, 0.05) is 42.5 Å². The highest BCUT2D eigenvalue weighted by atomic mass is 35.5. The minimum atomic E-state index is -0.548. The van der Waals surface area contributed by atoms with E-state index in [4.69, 9.17) is 30.8 Å². The molecule has 0 saturated heterocycles. The van der Waals surface area contributed by atoms with Gasteiger partial charge in [-0.25, -0.2) is 9.97 Å². The number of halogens is 1. The maximum atomic E-state index is 12.7. The number of anilines is 1. The van der Waals surface area contributed by atoms with Crippen molar-refractivity contribution in [1.29, 1.82) is 0 Å². The highest BCUT2D eigenvalue weighted by molar-refractivity contribution is 6.33. The van der Waals surface area contributed by atoms with E-state index in [1.54, 1.807) is 28.8 Å². The molecule has 41 heavy (non-hydrogen) atoms. The maximum absolute atomic E-state index is 12.7. The molecular formula is C31H36ClN5O4. The highest BCUT2D eigenvalue weighted by Crippen LogP contribution is 2.39. The second-order valence-corrected chi connectivity index (χ2v) is 11.4. The summed E-state index contributed by atoms with van der Waals surface area (Å²) in [6, 6.07) is 7.13. The van der Waals surface area contributed by atoms with E-state index in [1.807, 2.05) is 47.7 Å². The fourth-order valence-electron chi connectivity index (χ4n) is 5.31. The van der Waals surface area contributed by atoms with Crippen LogP contribution in [-0.2, 0) is 13.1 Å². The van der Waals surface area contributed by atoms with Crippen LogP contribution in [0, 0.1) is 20.8 Å². The van der Waals surface area contributed by atoms with Crippen molar-refractivity contribution in [2.24, 2.45) is 0 Å². The first-order valence-corrected chi connectivity index (χ1v) is 14.4. The van der Waals surface area contributed by atoms with Crippen LogP contribution in [0.25, 0.3) is 22.6 Å². The van der Waals surface area contributed by atoms with E-state index in [1.165, 1.54) is 0 Å². The summed E-state index contributed by atoms with van der Waals surface area (Å²) in [4.78, 5) is 24.9. The zero-order chi connectivity index (χ0) is 29.4. The Morgan fingerprint density at radius 3 is 2.56 bits per heavy atom. The molecule has 0 fully saturated rings. The Morgan fingerprint density at radius 2 is 1.88 bits per heavy atom. The minimum absolute atomic E-state index is 0.00948. The van der Waals surface area contributed by atoms with Gasteiger partial charge in [-0.3, -0.25) is 4.79 Å². The molecule has 1 aliphatic rings. The van der Waals surface area contributed by atoms with Gasteiger partial charge in [0.05, 0.1) is 28.1 Å². The van der Waals surface area contributed by atoms with E-state index < -0.39 is 6.10 Å². The van der Waals surface area contributed by atoms with Crippen LogP contribution in [0.15, 0.2) is 39.8 Å². The van der Waals surface area contributed by atoms with Crippen LogP contribution < -0.4 is 15.2 Å². The Kier molecular flexibility index (Phi) is 8.20. The van der Waals surface area contributed by atoms with E-state index in [9.17, 15) is 9.90 Å². The summed E-state index contributed by atoms with van der Waals surface area (Å²) in [5.41, 5.74) is 5.81. The lowest BCUT2D eigenvalue weighted by Gasteiger charge is -2.22. The standard InChI is InChI=1S/C31H36ClN5O4/c1-7-8-23(38)16-40-24-9-10-26(32)25(12-24)30-33-29(28-19(5)35-41-20(28)6)18(4)31(34-30)36-13-21-11-27(39)37(17(2)3)15-22(21)14-36/h9-12,15,17,23,38H,7-8,13-14,16H2,1-6H3/t23-/m1/s1. The SMILES string of the molecule is CCC[C@@H](O)COc1ccc(Cl)c(-c2nc(-c3c(C)noc3C)c(C)c(N3Cc4cc(=O)n(C(C)C)cc4C3)n2)c1. The number of pyridine rings is 1. The minimum Gasteiger partial charge on any atom is -0.491 e. The second-order valence-electron chi connectivity index (χ2n) is 11.0. The number of aromatic nitrogens is 4. The second kappa shape index (κ2) is 11.7. The number of aliphatic hydroxyl groups excluding tert-OH is 1. The average Bonchev–Trinajstić information content (AvgIpc) is 3.49. The predicted octanol–water partition coefficient (Wildman–Crippen LogP) is 6.18. The normalized spacial score (nSPS) is 13.6. The number of aliphatic hydroxyl groups is 1. The molecule has 3 aromatic heterocycles. The van der Waals surface area contributed by atoms with Crippen molar-refractivity contribution in [2.75, 3.05) is 11.5 Å². The molecule has 0 spiro atoms. The van der Waals surface area contributed by atoms with E-state index in [2.05, 4.69) is 10.1 Å². The zero-order valence-electron chi connectivity index (χ0n) is 24.4. The number of benzene rings is 1. The van der Waals surface area contributed by atoms with Gasteiger partial charge in [-0.15, -0.1) is 0 Å². The zero-order valence-corrected chi connectivity index (χ0v) is 25.1. The first-order valence-electron chi connectivity index (χ1n) is 14.0. The van der Waals surface area contributed by atoms with Crippen LogP contribution in [0.2, 0.25) is 5.02 Å². The molecule has 0 saturated carbocycles. The summed E-state index contributed by atoms with van der Waals surface area (Å²) in [6.07, 6.45) is 2.94.